The molecule has 4 aromatic rings. The third kappa shape index (κ3) is 3.96. The highest BCUT2D eigenvalue weighted by atomic mass is 35.5. The van der Waals surface area contributed by atoms with E-state index >= 15 is 0 Å². The molecule has 0 aliphatic heterocycles. The zero-order valence-electron chi connectivity index (χ0n) is 16.2. The summed E-state index contributed by atoms with van der Waals surface area (Å²) >= 11 is 0. The Morgan fingerprint density at radius 2 is 1.76 bits per heavy atom. The van der Waals surface area contributed by atoms with Crippen molar-refractivity contribution in [3.63, 3.8) is 0 Å². The van der Waals surface area contributed by atoms with E-state index in [0.717, 1.165) is 28.0 Å². The lowest BCUT2D eigenvalue weighted by atomic mass is 9.85. The number of imidazole rings is 1. The predicted octanol–water partition coefficient (Wildman–Crippen LogP) is 5.32. The number of halogens is 1. The highest BCUT2D eigenvalue weighted by molar-refractivity contribution is 5.85. The molecule has 4 nitrogen and oxygen atoms in total. The molecule has 1 N–H and O–H groups in total. The molecule has 150 valence electrons. The second-order valence-corrected chi connectivity index (χ2v) is 7.67. The number of para-hydroxylation sites is 2. The molecule has 0 spiro atoms. The monoisotopic (exact) mass is 408 g/mol. The van der Waals surface area contributed by atoms with Crippen molar-refractivity contribution < 1.29 is 9.84 Å². The van der Waals surface area contributed by atoms with Gasteiger partial charge in [0, 0.05) is 5.92 Å². The summed E-state index contributed by atoms with van der Waals surface area (Å²) in [5.41, 5.74) is 2.10. The van der Waals surface area contributed by atoms with Crippen LogP contribution in [0.2, 0.25) is 0 Å². The van der Waals surface area contributed by atoms with Gasteiger partial charge in [-0.15, -0.1) is 12.4 Å². The molecule has 5 rings (SSSR count). The number of nitrogens with zero attached hydrogens (tertiary/aromatic N) is 2. The minimum absolute atomic E-state index is 0. The van der Waals surface area contributed by atoms with Crippen LogP contribution in [0.3, 0.4) is 0 Å². The fourth-order valence-electron chi connectivity index (χ4n) is 3.98. The molecule has 1 heterocycles. The molecule has 1 aliphatic rings. The summed E-state index contributed by atoms with van der Waals surface area (Å²) in [5.74, 6) is 2.41. The lowest BCUT2D eigenvalue weighted by molar-refractivity contribution is 0.0920. The van der Waals surface area contributed by atoms with E-state index < -0.39 is 6.10 Å². The standard InChI is InChI=1S/C24H24N2O2.ClH/c27-20(16-28-21-13-12-17-6-1-2-7-19(17)14-21)15-26-23-11-4-3-10-22(23)25-24(26)18-8-5-9-18;/h1-4,6-7,10-14,18,20,27H,5,8-9,15-16H2;1H. The van der Waals surface area contributed by atoms with Crippen molar-refractivity contribution in [1.29, 1.82) is 0 Å². The number of fused-ring (bicyclic) bond motifs is 2. The van der Waals surface area contributed by atoms with Crippen molar-refractivity contribution in [3.8, 4) is 5.75 Å². The van der Waals surface area contributed by atoms with E-state index in [9.17, 15) is 5.11 Å². The molecule has 1 fully saturated rings. The van der Waals surface area contributed by atoms with Gasteiger partial charge in [-0.25, -0.2) is 4.98 Å². The van der Waals surface area contributed by atoms with E-state index in [2.05, 4.69) is 28.8 Å². The topological polar surface area (TPSA) is 47.3 Å². The van der Waals surface area contributed by atoms with Gasteiger partial charge >= 0.3 is 0 Å². The summed E-state index contributed by atoms with van der Waals surface area (Å²) in [4.78, 5) is 4.85. The fourth-order valence-corrected chi connectivity index (χ4v) is 3.98. The van der Waals surface area contributed by atoms with Crippen molar-refractivity contribution in [1.82, 2.24) is 9.55 Å². The first-order valence-corrected chi connectivity index (χ1v) is 10.0. The third-order valence-corrected chi connectivity index (χ3v) is 5.71. The fraction of sp³-hybridized carbons (Fsp3) is 0.292. The van der Waals surface area contributed by atoms with Crippen LogP contribution in [-0.2, 0) is 6.54 Å². The largest absolute Gasteiger partial charge is 0.491 e. The molecule has 0 amide bonds. The molecule has 3 aromatic carbocycles. The van der Waals surface area contributed by atoms with Crippen LogP contribution in [0.5, 0.6) is 5.75 Å². The van der Waals surface area contributed by atoms with Crippen LogP contribution in [0, 0.1) is 0 Å². The van der Waals surface area contributed by atoms with Gasteiger partial charge in [-0.3, -0.25) is 0 Å². The quantitative estimate of drug-likeness (QED) is 0.469. The highest BCUT2D eigenvalue weighted by Gasteiger charge is 2.26. The van der Waals surface area contributed by atoms with Crippen molar-refractivity contribution >= 4 is 34.2 Å². The Morgan fingerprint density at radius 1 is 1.00 bits per heavy atom. The van der Waals surface area contributed by atoms with Crippen molar-refractivity contribution in [2.45, 2.75) is 37.8 Å². The van der Waals surface area contributed by atoms with Crippen LogP contribution in [-0.4, -0.2) is 27.4 Å². The number of aliphatic hydroxyl groups is 1. The summed E-state index contributed by atoms with van der Waals surface area (Å²) in [6.07, 6.45) is 3.05. The van der Waals surface area contributed by atoms with Crippen LogP contribution >= 0.6 is 12.4 Å². The van der Waals surface area contributed by atoms with Crippen LogP contribution in [0.1, 0.15) is 31.0 Å². The second kappa shape index (κ2) is 8.44. The lowest BCUT2D eigenvalue weighted by Gasteiger charge is -2.26. The molecule has 0 radical (unpaired) electrons. The molecule has 1 aromatic heterocycles. The van der Waals surface area contributed by atoms with Crippen molar-refractivity contribution in [2.24, 2.45) is 0 Å². The first-order valence-electron chi connectivity index (χ1n) is 10.0. The Labute approximate surface area is 176 Å². The average Bonchev–Trinajstić information content (AvgIpc) is 3.03. The van der Waals surface area contributed by atoms with Gasteiger partial charge in [0.1, 0.15) is 24.3 Å². The van der Waals surface area contributed by atoms with Crippen molar-refractivity contribution in [3.05, 3.63) is 72.6 Å². The Balaban J connectivity index is 0.00000205. The Hall–Kier alpha value is -2.56. The summed E-state index contributed by atoms with van der Waals surface area (Å²) in [7, 11) is 0. The van der Waals surface area contributed by atoms with E-state index in [4.69, 9.17) is 9.72 Å². The van der Waals surface area contributed by atoms with Gasteiger partial charge in [-0.2, -0.15) is 0 Å². The Morgan fingerprint density at radius 3 is 2.55 bits per heavy atom. The molecular weight excluding hydrogens is 384 g/mol. The molecule has 29 heavy (non-hydrogen) atoms. The minimum atomic E-state index is -0.595. The number of aromatic nitrogens is 2. The van der Waals surface area contributed by atoms with Gasteiger partial charge < -0.3 is 14.4 Å². The van der Waals surface area contributed by atoms with Crippen molar-refractivity contribution in [2.75, 3.05) is 6.61 Å². The lowest BCUT2D eigenvalue weighted by Crippen LogP contribution is -2.26. The predicted molar refractivity (Wildman–Crippen MR) is 119 cm³/mol. The zero-order valence-corrected chi connectivity index (χ0v) is 17.0. The van der Waals surface area contributed by atoms with Gasteiger partial charge in [0.25, 0.3) is 0 Å². The van der Waals surface area contributed by atoms with Crippen LogP contribution in [0.4, 0.5) is 0 Å². The summed E-state index contributed by atoms with van der Waals surface area (Å²) in [6.45, 7) is 0.759. The Kier molecular flexibility index (Phi) is 5.74. The molecule has 5 heteroatoms. The van der Waals surface area contributed by atoms with Crippen LogP contribution < -0.4 is 4.74 Å². The van der Waals surface area contributed by atoms with Crippen LogP contribution in [0.25, 0.3) is 21.8 Å². The third-order valence-electron chi connectivity index (χ3n) is 5.71. The molecule has 1 atom stereocenters. The Bertz CT molecular complexity index is 1120. The minimum Gasteiger partial charge on any atom is -0.491 e. The molecule has 0 saturated heterocycles. The van der Waals surface area contributed by atoms with E-state index in [1.807, 2.05) is 42.5 Å². The summed E-state index contributed by atoms with van der Waals surface area (Å²) in [6, 6.07) is 22.4. The van der Waals surface area contributed by atoms with Gasteiger partial charge in [0.05, 0.1) is 17.6 Å². The zero-order chi connectivity index (χ0) is 18.9. The van der Waals surface area contributed by atoms with E-state index in [1.165, 1.54) is 24.6 Å². The average molecular weight is 409 g/mol. The first-order chi connectivity index (χ1) is 13.8. The number of rotatable bonds is 6. The number of hydrogen-bond donors (Lipinski definition) is 1. The smallest absolute Gasteiger partial charge is 0.120 e. The van der Waals surface area contributed by atoms with Crippen LogP contribution in [0.15, 0.2) is 66.7 Å². The van der Waals surface area contributed by atoms with Gasteiger partial charge in [0.2, 0.25) is 0 Å². The maximum absolute atomic E-state index is 10.7. The summed E-state index contributed by atoms with van der Waals surface area (Å²) in [5, 5.41) is 13.0. The second-order valence-electron chi connectivity index (χ2n) is 7.67. The summed E-state index contributed by atoms with van der Waals surface area (Å²) < 4.78 is 8.08. The van der Waals surface area contributed by atoms with E-state index in [1.54, 1.807) is 0 Å². The molecule has 1 unspecified atom stereocenters. The molecule has 1 aliphatic carbocycles. The number of benzene rings is 3. The van der Waals surface area contributed by atoms with E-state index in [-0.39, 0.29) is 19.0 Å². The first kappa shape index (κ1) is 19.7. The SMILES string of the molecule is Cl.OC(COc1ccc2ccccc2c1)Cn1c(C2CCC2)nc2ccccc21. The maximum Gasteiger partial charge on any atom is 0.120 e. The van der Waals surface area contributed by atoms with E-state index in [0.29, 0.717) is 12.5 Å². The highest BCUT2D eigenvalue weighted by Crippen LogP contribution is 2.37. The molecular formula is C24H25ClN2O2. The van der Waals surface area contributed by atoms with Gasteiger partial charge in [-0.05, 0) is 47.9 Å². The van der Waals surface area contributed by atoms with Gasteiger partial charge in [0.15, 0.2) is 0 Å². The molecule has 1 saturated carbocycles. The normalized spacial score (nSPS) is 15.1. The number of hydrogen-bond acceptors (Lipinski definition) is 3. The maximum atomic E-state index is 10.7. The van der Waals surface area contributed by atoms with Gasteiger partial charge in [-0.1, -0.05) is 48.9 Å². The molecule has 0 bridgehead atoms. The number of aliphatic hydroxyl groups excluding tert-OH is 1. The number of ether oxygens (including phenoxy) is 1.